The van der Waals surface area contributed by atoms with Gasteiger partial charge in [0.1, 0.15) is 5.82 Å². The molecule has 2 rings (SSSR count). The van der Waals surface area contributed by atoms with E-state index >= 15 is 0 Å². The van der Waals surface area contributed by atoms with Gasteiger partial charge in [0.05, 0.1) is 27.0 Å². The lowest BCUT2D eigenvalue weighted by Crippen LogP contribution is -2.08. The third kappa shape index (κ3) is 1.79. The van der Waals surface area contributed by atoms with Gasteiger partial charge in [-0.2, -0.15) is 0 Å². The molecule has 1 heterocycles. The summed E-state index contributed by atoms with van der Waals surface area (Å²) in [5.41, 5.74) is 1.23. The van der Waals surface area contributed by atoms with Crippen LogP contribution in [-0.4, -0.2) is 15.5 Å². The first-order valence-electron chi connectivity index (χ1n) is 4.48. The second kappa shape index (κ2) is 4.24. The molecule has 0 bridgehead atoms. The molecule has 0 saturated heterocycles. The topological polar surface area (TPSA) is 34.9 Å². The van der Waals surface area contributed by atoms with Crippen LogP contribution in [0.15, 0.2) is 12.1 Å². The lowest BCUT2D eigenvalue weighted by atomic mass is 10.3. The van der Waals surface area contributed by atoms with E-state index in [4.69, 9.17) is 34.8 Å². The largest absolute Gasteiger partial charge is 0.274 e. The average Bonchev–Trinajstić information content (AvgIpc) is 2.56. The number of carbonyl (C=O) groups excluding carboxylic acids is 1. The van der Waals surface area contributed by atoms with E-state index in [1.54, 1.807) is 12.1 Å². The molecule has 0 aliphatic heterocycles. The molecule has 84 valence electrons. The molecule has 0 N–H and O–H groups in total. The quantitative estimate of drug-likeness (QED) is 0.744. The minimum absolute atomic E-state index is 0.156. The Bertz CT molecular complexity index is 577. The zero-order chi connectivity index (χ0) is 11.9. The monoisotopic (exact) mass is 276 g/mol. The lowest BCUT2D eigenvalue weighted by Gasteiger charge is -2.02. The number of carbonyl (C=O) groups is 1. The Kier molecular flexibility index (Phi) is 3.10. The molecule has 3 nitrogen and oxygen atoms in total. The van der Waals surface area contributed by atoms with Crippen molar-refractivity contribution in [2.24, 2.45) is 0 Å². The van der Waals surface area contributed by atoms with Gasteiger partial charge < -0.3 is 0 Å². The average molecular weight is 278 g/mol. The summed E-state index contributed by atoms with van der Waals surface area (Å²) in [7, 11) is 0. The first kappa shape index (κ1) is 11.7. The molecule has 0 saturated carbocycles. The Morgan fingerprint density at radius 1 is 1.38 bits per heavy atom. The van der Waals surface area contributed by atoms with E-state index < -0.39 is 0 Å². The minimum Gasteiger partial charge on any atom is -0.274 e. The summed E-state index contributed by atoms with van der Waals surface area (Å²) in [6.07, 6.45) is 0. The fraction of sp³-hybridized carbons (Fsp3) is 0.200. The van der Waals surface area contributed by atoms with E-state index in [1.807, 2.05) is 0 Å². The summed E-state index contributed by atoms with van der Waals surface area (Å²) in [6, 6.07) is 3.23. The predicted octanol–water partition coefficient (Wildman–Crippen LogP) is 3.74. The highest BCUT2D eigenvalue weighted by atomic mass is 35.5. The van der Waals surface area contributed by atoms with Crippen molar-refractivity contribution in [2.45, 2.75) is 12.8 Å². The summed E-state index contributed by atoms with van der Waals surface area (Å²) in [5, 5.41) is 0.793. The van der Waals surface area contributed by atoms with Crippen LogP contribution < -0.4 is 0 Å². The molecule has 2 aromatic rings. The molecular formula is C10H7Cl3N2O. The Balaban J connectivity index is 2.84. The van der Waals surface area contributed by atoms with Crippen molar-refractivity contribution in [2.75, 3.05) is 0 Å². The molecule has 6 heteroatoms. The van der Waals surface area contributed by atoms with Gasteiger partial charge in [0.25, 0.3) is 0 Å². The molecule has 1 aromatic heterocycles. The maximum absolute atomic E-state index is 11.5. The molecule has 0 unspecified atom stereocenters. The highest BCUT2D eigenvalue weighted by Gasteiger charge is 2.14. The first-order chi connectivity index (χ1) is 7.54. The van der Waals surface area contributed by atoms with Gasteiger partial charge in [-0.15, -0.1) is 11.6 Å². The van der Waals surface area contributed by atoms with Crippen molar-refractivity contribution in [3.63, 3.8) is 0 Å². The van der Waals surface area contributed by atoms with Crippen molar-refractivity contribution in [3.05, 3.63) is 28.0 Å². The number of nitrogens with zero attached hydrogens (tertiary/aromatic N) is 2. The van der Waals surface area contributed by atoms with E-state index in [0.29, 0.717) is 26.9 Å². The molecule has 0 radical (unpaired) electrons. The molecule has 0 aliphatic rings. The summed E-state index contributed by atoms with van der Waals surface area (Å²) >= 11 is 17.5. The number of hydrogen-bond acceptors (Lipinski definition) is 2. The second-order valence-electron chi connectivity index (χ2n) is 3.27. The van der Waals surface area contributed by atoms with Gasteiger partial charge in [0, 0.05) is 6.92 Å². The van der Waals surface area contributed by atoms with Crippen LogP contribution in [-0.2, 0) is 5.88 Å². The fourth-order valence-electron chi connectivity index (χ4n) is 1.56. The van der Waals surface area contributed by atoms with Gasteiger partial charge in [0.15, 0.2) is 0 Å². The molecule has 1 aromatic carbocycles. The molecule has 0 atom stereocenters. The number of imidazole rings is 1. The maximum atomic E-state index is 11.5. The summed E-state index contributed by atoms with van der Waals surface area (Å²) < 4.78 is 1.44. The second-order valence-corrected chi connectivity index (χ2v) is 4.35. The predicted molar refractivity (Wildman–Crippen MR) is 65.6 cm³/mol. The SMILES string of the molecule is CC(=O)n1c(CCl)nc2cc(Cl)c(Cl)cc21. The number of fused-ring (bicyclic) bond motifs is 1. The van der Waals surface area contributed by atoms with Crippen LogP contribution in [0.2, 0.25) is 10.0 Å². The number of alkyl halides is 1. The van der Waals surface area contributed by atoms with Crippen LogP contribution in [0.25, 0.3) is 11.0 Å². The van der Waals surface area contributed by atoms with E-state index in [0.717, 1.165) is 0 Å². The van der Waals surface area contributed by atoms with Crippen molar-refractivity contribution >= 4 is 51.7 Å². The minimum atomic E-state index is -0.156. The van der Waals surface area contributed by atoms with Crippen LogP contribution in [0.3, 0.4) is 0 Å². The van der Waals surface area contributed by atoms with Gasteiger partial charge in [-0.1, -0.05) is 23.2 Å². The zero-order valence-electron chi connectivity index (χ0n) is 8.30. The zero-order valence-corrected chi connectivity index (χ0v) is 10.6. The first-order valence-corrected chi connectivity index (χ1v) is 5.77. The van der Waals surface area contributed by atoms with Crippen LogP contribution in [0.4, 0.5) is 0 Å². The normalized spacial score (nSPS) is 11.0. The van der Waals surface area contributed by atoms with Gasteiger partial charge in [-0.25, -0.2) is 4.98 Å². The Morgan fingerprint density at radius 2 is 2.00 bits per heavy atom. The Hall–Kier alpha value is -0.770. The Morgan fingerprint density at radius 3 is 2.56 bits per heavy atom. The van der Waals surface area contributed by atoms with Crippen molar-refractivity contribution in [1.29, 1.82) is 0 Å². The lowest BCUT2D eigenvalue weighted by molar-refractivity contribution is 0.0938. The third-order valence-corrected chi connectivity index (χ3v) is 3.16. The van der Waals surface area contributed by atoms with Crippen LogP contribution >= 0.6 is 34.8 Å². The highest BCUT2D eigenvalue weighted by Crippen LogP contribution is 2.28. The number of benzene rings is 1. The van der Waals surface area contributed by atoms with Gasteiger partial charge in [0.2, 0.25) is 5.91 Å². The molecular weight excluding hydrogens is 270 g/mol. The number of hydrogen-bond donors (Lipinski definition) is 0. The molecule has 0 fully saturated rings. The maximum Gasteiger partial charge on any atom is 0.229 e. The van der Waals surface area contributed by atoms with E-state index in [-0.39, 0.29) is 11.8 Å². The highest BCUT2D eigenvalue weighted by molar-refractivity contribution is 6.42. The van der Waals surface area contributed by atoms with Gasteiger partial charge in [-0.3, -0.25) is 9.36 Å². The summed E-state index contributed by atoms with van der Waals surface area (Å²) in [4.78, 5) is 15.7. The van der Waals surface area contributed by atoms with Crippen molar-refractivity contribution in [1.82, 2.24) is 9.55 Å². The van der Waals surface area contributed by atoms with Crippen LogP contribution in [0.1, 0.15) is 17.5 Å². The number of aromatic nitrogens is 2. The van der Waals surface area contributed by atoms with Gasteiger partial charge >= 0.3 is 0 Å². The van der Waals surface area contributed by atoms with E-state index in [2.05, 4.69) is 4.98 Å². The molecule has 0 amide bonds. The van der Waals surface area contributed by atoms with Crippen molar-refractivity contribution in [3.8, 4) is 0 Å². The van der Waals surface area contributed by atoms with Crippen LogP contribution in [0.5, 0.6) is 0 Å². The van der Waals surface area contributed by atoms with Gasteiger partial charge in [-0.05, 0) is 12.1 Å². The smallest absolute Gasteiger partial charge is 0.229 e. The molecule has 0 aliphatic carbocycles. The summed E-state index contributed by atoms with van der Waals surface area (Å²) in [6.45, 7) is 1.44. The third-order valence-electron chi connectivity index (χ3n) is 2.20. The number of rotatable bonds is 1. The standard InChI is InChI=1S/C10H7Cl3N2O/c1-5(16)15-9-3-7(13)6(12)2-8(9)14-10(15)4-11/h2-3H,4H2,1H3. The van der Waals surface area contributed by atoms with E-state index in [1.165, 1.54) is 11.5 Å². The van der Waals surface area contributed by atoms with Crippen LogP contribution in [0, 0.1) is 0 Å². The van der Waals surface area contributed by atoms with E-state index in [9.17, 15) is 4.79 Å². The summed E-state index contributed by atoms with van der Waals surface area (Å²) in [5.74, 6) is 0.489. The Labute approximate surface area is 107 Å². The van der Waals surface area contributed by atoms with Crippen molar-refractivity contribution < 1.29 is 4.79 Å². The fourth-order valence-corrected chi connectivity index (χ4v) is 2.06. The molecule has 16 heavy (non-hydrogen) atoms. The number of halogens is 3. The molecule has 0 spiro atoms.